The highest BCUT2D eigenvalue weighted by atomic mass is 35.5. The van der Waals surface area contributed by atoms with Crippen LogP contribution in [0.5, 0.6) is 5.75 Å². The summed E-state index contributed by atoms with van der Waals surface area (Å²) < 4.78 is 12.4. The van der Waals surface area contributed by atoms with E-state index in [1.807, 2.05) is 41.0 Å². The SMILES string of the molecule is COc1ccc(-c2nnc(SCC(=O)N/N=C(/C)c3ccco3)n2-c2ccc(Cl)cc2)cc1. The summed E-state index contributed by atoms with van der Waals surface area (Å²) in [5.74, 6) is 1.79. The van der Waals surface area contributed by atoms with Crippen LogP contribution in [0.2, 0.25) is 5.02 Å². The van der Waals surface area contributed by atoms with Crippen LogP contribution in [0, 0.1) is 0 Å². The molecule has 1 amide bonds. The van der Waals surface area contributed by atoms with E-state index in [0.29, 0.717) is 27.5 Å². The Morgan fingerprint density at radius 3 is 2.58 bits per heavy atom. The van der Waals surface area contributed by atoms with Gasteiger partial charge in [-0.25, -0.2) is 5.43 Å². The molecule has 2 aromatic heterocycles. The molecule has 0 saturated heterocycles. The number of hydrogen-bond acceptors (Lipinski definition) is 7. The Bertz CT molecular complexity index is 1250. The van der Waals surface area contributed by atoms with E-state index >= 15 is 0 Å². The number of carbonyl (C=O) groups is 1. The first-order valence-corrected chi connectivity index (χ1v) is 11.3. The van der Waals surface area contributed by atoms with Crippen molar-refractivity contribution in [2.45, 2.75) is 12.1 Å². The molecule has 10 heteroatoms. The minimum absolute atomic E-state index is 0.100. The molecule has 0 aliphatic rings. The summed E-state index contributed by atoms with van der Waals surface area (Å²) in [6, 6.07) is 18.4. The third-order valence-electron chi connectivity index (χ3n) is 4.62. The number of rotatable bonds is 8. The first kappa shape index (κ1) is 22.6. The molecule has 8 nitrogen and oxygen atoms in total. The quantitative estimate of drug-likeness (QED) is 0.220. The van der Waals surface area contributed by atoms with Crippen LogP contribution in [0.15, 0.2) is 81.6 Å². The van der Waals surface area contributed by atoms with Crippen molar-refractivity contribution in [2.24, 2.45) is 5.10 Å². The summed E-state index contributed by atoms with van der Waals surface area (Å²) in [5, 5.41) is 14.0. The minimum Gasteiger partial charge on any atom is -0.497 e. The summed E-state index contributed by atoms with van der Waals surface area (Å²) in [7, 11) is 1.62. The fraction of sp³-hybridized carbons (Fsp3) is 0.130. The molecule has 0 atom stereocenters. The number of hydrazone groups is 1. The lowest BCUT2D eigenvalue weighted by molar-refractivity contribution is -0.118. The Hall–Kier alpha value is -3.56. The number of methoxy groups -OCH3 is 1. The third kappa shape index (κ3) is 5.44. The maximum atomic E-state index is 12.4. The number of benzene rings is 2. The molecule has 0 bridgehead atoms. The molecule has 4 rings (SSSR count). The highest BCUT2D eigenvalue weighted by Gasteiger charge is 2.17. The number of furan rings is 1. The van der Waals surface area contributed by atoms with Gasteiger partial charge in [-0.05, 0) is 67.6 Å². The Kier molecular flexibility index (Phi) is 7.11. The number of hydrogen-bond donors (Lipinski definition) is 1. The van der Waals surface area contributed by atoms with E-state index < -0.39 is 0 Å². The van der Waals surface area contributed by atoms with Gasteiger partial charge in [0.25, 0.3) is 5.91 Å². The van der Waals surface area contributed by atoms with Gasteiger partial charge in [-0.15, -0.1) is 10.2 Å². The first-order valence-electron chi connectivity index (χ1n) is 9.90. The molecule has 2 heterocycles. The monoisotopic (exact) mass is 481 g/mol. The number of nitrogens with zero attached hydrogens (tertiary/aromatic N) is 4. The van der Waals surface area contributed by atoms with Crippen molar-refractivity contribution in [1.82, 2.24) is 20.2 Å². The van der Waals surface area contributed by atoms with Gasteiger partial charge < -0.3 is 9.15 Å². The second kappa shape index (κ2) is 10.4. The number of amides is 1. The Balaban J connectivity index is 1.56. The second-order valence-corrected chi connectivity index (χ2v) is 8.22. The topological polar surface area (TPSA) is 94.5 Å². The zero-order valence-corrected chi connectivity index (χ0v) is 19.4. The molecule has 0 spiro atoms. The van der Waals surface area contributed by atoms with Crippen molar-refractivity contribution in [1.29, 1.82) is 0 Å². The largest absolute Gasteiger partial charge is 0.497 e. The van der Waals surface area contributed by atoms with Crippen LogP contribution in [-0.4, -0.2) is 39.2 Å². The van der Waals surface area contributed by atoms with Crippen LogP contribution in [0.4, 0.5) is 0 Å². The van der Waals surface area contributed by atoms with E-state index in [0.717, 1.165) is 17.0 Å². The molecule has 1 N–H and O–H groups in total. The maximum absolute atomic E-state index is 12.4. The maximum Gasteiger partial charge on any atom is 0.250 e. The predicted molar refractivity (Wildman–Crippen MR) is 128 cm³/mol. The first-order chi connectivity index (χ1) is 16.0. The van der Waals surface area contributed by atoms with Crippen molar-refractivity contribution in [3.8, 4) is 22.8 Å². The van der Waals surface area contributed by atoms with Crippen LogP contribution in [0.25, 0.3) is 17.1 Å². The number of aromatic nitrogens is 3. The molecule has 0 unspecified atom stereocenters. The Labute approximate surface area is 199 Å². The van der Waals surface area contributed by atoms with Gasteiger partial charge in [-0.1, -0.05) is 23.4 Å². The average molecular weight is 482 g/mol. The summed E-state index contributed by atoms with van der Waals surface area (Å²) >= 11 is 7.32. The van der Waals surface area contributed by atoms with E-state index in [9.17, 15) is 4.79 Å². The molecular weight excluding hydrogens is 462 g/mol. The molecule has 0 aliphatic heterocycles. The fourth-order valence-corrected chi connectivity index (χ4v) is 3.83. The number of halogens is 1. The van der Waals surface area contributed by atoms with Crippen LogP contribution in [0.1, 0.15) is 12.7 Å². The number of carbonyl (C=O) groups excluding carboxylic acids is 1. The zero-order chi connectivity index (χ0) is 23.2. The summed E-state index contributed by atoms with van der Waals surface area (Å²) in [5.41, 5.74) is 4.79. The summed E-state index contributed by atoms with van der Waals surface area (Å²) in [4.78, 5) is 12.4. The van der Waals surface area contributed by atoms with Gasteiger partial charge in [-0.3, -0.25) is 9.36 Å². The van der Waals surface area contributed by atoms with Crippen molar-refractivity contribution >= 4 is 35.0 Å². The Morgan fingerprint density at radius 2 is 1.91 bits per heavy atom. The molecule has 2 aromatic carbocycles. The van der Waals surface area contributed by atoms with Crippen molar-refractivity contribution in [2.75, 3.05) is 12.9 Å². The molecular formula is C23H20ClN5O3S. The molecule has 33 heavy (non-hydrogen) atoms. The normalized spacial score (nSPS) is 11.4. The van der Waals surface area contributed by atoms with Gasteiger partial charge in [0.2, 0.25) is 0 Å². The molecule has 0 saturated carbocycles. The Morgan fingerprint density at radius 1 is 1.15 bits per heavy atom. The van der Waals surface area contributed by atoms with E-state index in [1.54, 1.807) is 44.6 Å². The molecule has 0 fully saturated rings. The highest BCUT2D eigenvalue weighted by Crippen LogP contribution is 2.29. The summed E-state index contributed by atoms with van der Waals surface area (Å²) in [6.45, 7) is 1.75. The van der Waals surface area contributed by atoms with E-state index in [1.165, 1.54) is 11.8 Å². The van der Waals surface area contributed by atoms with Gasteiger partial charge in [0, 0.05) is 16.3 Å². The van der Waals surface area contributed by atoms with Crippen molar-refractivity contribution in [3.63, 3.8) is 0 Å². The van der Waals surface area contributed by atoms with Gasteiger partial charge in [0.1, 0.15) is 17.2 Å². The predicted octanol–water partition coefficient (Wildman–Crippen LogP) is 4.82. The van der Waals surface area contributed by atoms with Gasteiger partial charge in [0.15, 0.2) is 11.0 Å². The highest BCUT2D eigenvalue weighted by molar-refractivity contribution is 7.99. The minimum atomic E-state index is -0.275. The zero-order valence-electron chi connectivity index (χ0n) is 17.9. The molecule has 4 aromatic rings. The molecule has 0 radical (unpaired) electrons. The van der Waals surface area contributed by atoms with Crippen LogP contribution >= 0.6 is 23.4 Å². The third-order valence-corrected chi connectivity index (χ3v) is 5.81. The smallest absolute Gasteiger partial charge is 0.250 e. The van der Waals surface area contributed by atoms with Crippen LogP contribution in [0.3, 0.4) is 0 Å². The lowest BCUT2D eigenvalue weighted by Gasteiger charge is -2.11. The molecule has 0 aliphatic carbocycles. The number of thioether (sulfide) groups is 1. The van der Waals surface area contributed by atoms with Crippen molar-refractivity contribution < 1.29 is 13.9 Å². The van der Waals surface area contributed by atoms with Crippen molar-refractivity contribution in [3.05, 3.63) is 77.7 Å². The summed E-state index contributed by atoms with van der Waals surface area (Å²) in [6.07, 6.45) is 1.55. The lowest BCUT2D eigenvalue weighted by Crippen LogP contribution is -2.21. The van der Waals surface area contributed by atoms with Crippen LogP contribution < -0.4 is 10.2 Å². The second-order valence-electron chi connectivity index (χ2n) is 6.84. The van der Waals surface area contributed by atoms with Gasteiger partial charge in [0.05, 0.1) is 19.1 Å². The number of nitrogens with one attached hydrogen (secondary N) is 1. The van der Waals surface area contributed by atoms with E-state index in [-0.39, 0.29) is 11.7 Å². The standard InChI is InChI=1S/C23H20ClN5O3S/c1-15(20-4-3-13-32-20)25-26-21(30)14-33-23-28-27-22(16-5-11-19(31-2)12-6-16)29(23)18-9-7-17(24)8-10-18/h3-13H,14H2,1-2H3,(H,26,30)/b25-15-. The van der Waals surface area contributed by atoms with Gasteiger partial charge in [-0.2, -0.15) is 5.10 Å². The fourth-order valence-electron chi connectivity index (χ4n) is 2.96. The van der Waals surface area contributed by atoms with E-state index in [4.69, 9.17) is 20.8 Å². The average Bonchev–Trinajstić information content (AvgIpc) is 3.52. The van der Waals surface area contributed by atoms with Gasteiger partial charge >= 0.3 is 0 Å². The van der Waals surface area contributed by atoms with E-state index in [2.05, 4.69) is 20.7 Å². The molecule has 168 valence electrons. The number of ether oxygens (including phenoxy) is 1. The van der Waals surface area contributed by atoms with Crippen LogP contribution in [-0.2, 0) is 4.79 Å². The lowest BCUT2D eigenvalue weighted by atomic mass is 10.2.